The molecule has 0 radical (unpaired) electrons. The molecule has 0 aromatic heterocycles. The molecule has 102 valence electrons. The van der Waals surface area contributed by atoms with E-state index in [1.165, 1.54) is 0 Å². The lowest BCUT2D eigenvalue weighted by atomic mass is 9.81. The van der Waals surface area contributed by atoms with Crippen molar-refractivity contribution in [3.05, 3.63) is 0 Å². The topological polar surface area (TPSA) is 94.9 Å². The molecule has 0 aromatic carbocycles. The number of imide groups is 1. The molecule has 18 heavy (non-hydrogen) atoms. The van der Waals surface area contributed by atoms with E-state index in [0.29, 0.717) is 12.8 Å². The second kappa shape index (κ2) is 5.48. The van der Waals surface area contributed by atoms with Crippen molar-refractivity contribution in [2.75, 3.05) is 6.54 Å². The predicted molar refractivity (Wildman–Crippen MR) is 62.6 cm³/mol. The van der Waals surface area contributed by atoms with E-state index in [2.05, 4.69) is 0 Å². The van der Waals surface area contributed by atoms with E-state index < -0.39 is 17.5 Å². The molecule has 0 saturated carbocycles. The van der Waals surface area contributed by atoms with E-state index in [-0.39, 0.29) is 31.2 Å². The maximum absolute atomic E-state index is 12.2. The van der Waals surface area contributed by atoms with E-state index in [1.807, 2.05) is 13.8 Å². The van der Waals surface area contributed by atoms with Gasteiger partial charge in [-0.3, -0.25) is 14.5 Å². The van der Waals surface area contributed by atoms with Crippen molar-refractivity contribution >= 4 is 17.8 Å². The van der Waals surface area contributed by atoms with Crippen LogP contribution < -0.4 is 0 Å². The summed E-state index contributed by atoms with van der Waals surface area (Å²) in [7, 11) is 0. The number of carbonyl (C=O) groups is 3. The van der Waals surface area contributed by atoms with E-state index in [4.69, 9.17) is 10.2 Å². The van der Waals surface area contributed by atoms with Gasteiger partial charge in [-0.2, -0.15) is 0 Å². The summed E-state index contributed by atoms with van der Waals surface area (Å²) in [6, 6.07) is 0. The number of rotatable bonds is 6. The standard InChI is InChI=1S/C12H19NO5/c1-3-12(4-2)7-9(15)13(11(12)18)6-5-8(14)10(16)17/h8,14H,3-7H2,1-2H3,(H,16,17). The summed E-state index contributed by atoms with van der Waals surface area (Å²) in [5.41, 5.74) is -0.634. The summed E-state index contributed by atoms with van der Waals surface area (Å²) in [6.07, 6.45) is -0.306. The number of aliphatic carboxylic acids is 1. The van der Waals surface area contributed by atoms with Crippen molar-refractivity contribution in [3.8, 4) is 0 Å². The maximum Gasteiger partial charge on any atom is 0.332 e. The number of carbonyl (C=O) groups excluding carboxylic acids is 2. The number of carboxylic acids is 1. The van der Waals surface area contributed by atoms with Crippen LogP contribution in [0.5, 0.6) is 0 Å². The lowest BCUT2D eigenvalue weighted by molar-refractivity contribution is -0.149. The van der Waals surface area contributed by atoms with Gasteiger partial charge in [-0.25, -0.2) is 4.79 Å². The van der Waals surface area contributed by atoms with E-state index >= 15 is 0 Å². The van der Waals surface area contributed by atoms with Gasteiger partial charge in [-0.05, 0) is 12.8 Å². The minimum Gasteiger partial charge on any atom is -0.479 e. The summed E-state index contributed by atoms with van der Waals surface area (Å²) in [5, 5.41) is 17.7. The normalized spacial score (nSPS) is 20.3. The van der Waals surface area contributed by atoms with Gasteiger partial charge in [0.15, 0.2) is 6.10 Å². The lowest BCUT2D eigenvalue weighted by Crippen LogP contribution is -2.37. The number of hydrogen-bond donors (Lipinski definition) is 2. The molecule has 6 nitrogen and oxygen atoms in total. The highest BCUT2D eigenvalue weighted by Crippen LogP contribution is 2.39. The second-order valence-electron chi connectivity index (χ2n) is 4.66. The highest BCUT2D eigenvalue weighted by Gasteiger charge is 2.48. The van der Waals surface area contributed by atoms with Crippen LogP contribution in [0.25, 0.3) is 0 Å². The van der Waals surface area contributed by atoms with Crippen LogP contribution in [0.1, 0.15) is 39.5 Å². The lowest BCUT2D eigenvalue weighted by Gasteiger charge is -2.23. The highest BCUT2D eigenvalue weighted by atomic mass is 16.4. The zero-order valence-corrected chi connectivity index (χ0v) is 10.7. The van der Waals surface area contributed by atoms with Crippen LogP contribution in [0, 0.1) is 5.41 Å². The zero-order valence-electron chi connectivity index (χ0n) is 10.7. The van der Waals surface area contributed by atoms with Gasteiger partial charge in [0.25, 0.3) is 0 Å². The summed E-state index contributed by atoms with van der Waals surface area (Å²) in [4.78, 5) is 35.5. The van der Waals surface area contributed by atoms with Crippen LogP contribution in [0.4, 0.5) is 0 Å². The average molecular weight is 257 g/mol. The van der Waals surface area contributed by atoms with Crippen molar-refractivity contribution in [1.29, 1.82) is 0 Å². The molecule has 0 bridgehead atoms. The summed E-state index contributed by atoms with van der Waals surface area (Å²) >= 11 is 0. The number of hydrogen-bond acceptors (Lipinski definition) is 4. The van der Waals surface area contributed by atoms with Gasteiger partial charge in [0.2, 0.25) is 11.8 Å². The Morgan fingerprint density at radius 1 is 1.39 bits per heavy atom. The fourth-order valence-corrected chi connectivity index (χ4v) is 2.26. The number of carboxylic acid groups (broad SMARTS) is 1. The van der Waals surface area contributed by atoms with Gasteiger partial charge < -0.3 is 10.2 Å². The molecule has 1 fully saturated rings. The minimum absolute atomic E-state index is 0.0348. The molecule has 1 aliphatic rings. The van der Waals surface area contributed by atoms with E-state index in [0.717, 1.165) is 4.90 Å². The largest absolute Gasteiger partial charge is 0.479 e. The number of nitrogens with zero attached hydrogens (tertiary/aromatic N) is 1. The van der Waals surface area contributed by atoms with Gasteiger partial charge in [-0.1, -0.05) is 13.8 Å². The Balaban J connectivity index is 2.71. The third-order valence-corrected chi connectivity index (χ3v) is 3.75. The van der Waals surface area contributed by atoms with Crippen molar-refractivity contribution in [3.63, 3.8) is 0 Å². The predicted octanol–water partition coefficient (Wildman–Crippen LogP) is 0.387. The van der Waals surface area contributed by atoms with Gasteiger partial charge in [0.1, 0.15) is 0 Å². The Morgan fingerprint density at radius 3 is 2.33 bits per heavy atom. The molecule has 1 saturated heterocycles. The molecule has 0 aromatic rings. The van der Waals surface area contributed by atoms with Crippen molar-refractivity contribution < 1.29 is 24.6 Å². The Hall–Kier alpha value is -1.43. The summed E-state index contributed by atoms with van der Waals surface area (Å²) in [5.74, 6) is -1.86. The average Bonchev–Trinajstić information content (AvgIpc) is 2.58. The van der Waals surface area contributed by atoms with Crippen LogP contribution >= 0.6 is 0 Å². The van der Waals surface area contributed by atoms with Crippen LogP contribution in [-0.4, -0.2) is 45.5 Å². The molecule has 1 unspecified atom stereocenters. The maximum atomic E-state index is 12.2. The van der Waals surface area contributed by atoms with E-state index in [1.54, 1.807) is 0 Å². The van der Waals surface area contributed by atoms with Gasteiger partial charge in [0.05, 0.1) is 5.41 Å². The van der Waals surface area contributed by atoms with Crippen LogP contribution in [-0.2, 0) is 14.4 Å². The van der Waals surface area contributed by atoms with Crippen molar-refractivity contribution in [1.82, 2.24) is 4.90 Å². The molecule has 2 N–H and O–H groups in total. The second-order valence-corrected chi connectivity index (χ2v) is 4.66. The zero-order chi connectivity index (χ0) is 13.9. The molecular weight excluding hydrogens is 238 g/mol. The van der Waals surface area contributed by atoms with Crippen molar-refractivity contribution in [2.45, 2.75) is 45.6 Å². The van der Waals surface area contributed by atoms with Crippen LogP contribution in [0.2, 0.25) is 0 Å². The first kappa shape index (κ1) is 14.6. The van der Waals surface area contributed by atoms with Crippen LogP contribution in [0.15, 0.2) is 0 Å². The molecule has 0 spiro atoms. The first-order valence-corrected chi connectivity index (χ1v) is 6.13. The van der Waals surface area contributed by atoms with Gasteiger partial charge >= 0.3 is 5.97 Å². The first-order valence-electron chi connectivity index (χ1n) is 6.13. The van der Waals surface area contributed by atoms with Crippen LogP contribution in [0.3, 0.4) is 0 Å². The Kier molecular flexibility index (Phi) is 4.45. The molecular formula is C12H19NO5. The smallest absolute Gasteiger partial charge is 0.332 e. The Bertz CT molecular complexity index is 361. The summed E-state index contributed by atoms with van der Waals surface area (Å²) < 4.78 is 0. The minimum atomic E-state index is -1.54. The highest BCUT2D eigenvalue weighted by molar-refractivity contribution is 6.05. The number of aliphatic hydroxyl groups excluding tert-OH is 1. The molecule has 1 atom stereocenters. The molecule has 6 heteroatoms. The number of likely N-dealkylation sites (tertiary alicyclic amines) is 1. The van der Waals surface area contributed by atoms with Gasteiger partial charge in [0, 0.05) is 19.4 Å². The molecule has 2 amide bonds. The third-order valence-electron chi connectivity index (χ3n) is 3.75. The molecule has 1 rings (SSSR count). The quantitative estimate of drug-likeness (QED) is 0.671. The SMILES string of the molecule is CCC1(CC)CC(=O)N(CCC(O)C(=O)O)C1=O. The monoisotopic (exact) mass is 257 g/mol. The summed E-state index contributed by atoms with van der Waals surface area (Å²) in [6.45, 7) is 3.70. The molecule has 1 aliphatic heterocycles. The first-order chi connectivity index (χ1) is 8.38. The Morgan fingerprint density at radius 2 is 1.94 bits per heavy atom. The fourth-order valence-electron chi connectivity index (χ4n) is 2.26. The van der Waals surface area contributed by atoms with Crippen molar-refractivity contribution in [2.24, 2.45) is 5.41 Å². The third kappa shape index (κ3) is 2.53. The fraction of sp³-hybridized carbons (Fsp3) is 0.750. The van der Waals surface area contributed by atoms with Gasteiger partial charge in [-0.15, -0.1) is 0 Å². The van der Waals surface area contributed by atoms with E-state index in [9.17, 15) is 14.4 Å². The Labute approximate surface area is 106 Å². The molecule has 1 heterocycles. The molecule has 0 aliphatic carbocycles. The number of amides is 2. The number of aliphatic hydroxyl groups is 1.